The molecular weight excluding hydrogens is 170 g/mol. The Balaban J connectivity index is 2.83. The first kappa shape index (κ1) is 7.69. The van der Waals surface area contributed by atoms with Gasteiger partial charge in [0.15, 0.2) is 0 Å². The standard InChI is InChI=1S/C10H10ClN/c1-2-7-6-12-9-5-3-4-8(11)10(7)9/h3-6,12H,2H2,1H3. The van der Waals surface area contributed by atoms with Crippen molar-refractivity contribution in [3.8, 4) is 0 Å². The second-order valence-corrected chi connectivity index (χ2v) is 3.24. The zero-order valence-electron chi connectivity index (χ0n) is 6.89. The molecular formula is C10H10ClN. The van der Waals surface area contributed by atoms with Gasteiger partial charge in [0.05, 0.1) is 5.02 Å². The van der Waals surface area contributed by atoms with E-state index in [-0.39, 0.29) is 0 Å². The smallest absolute Gasteiger partial charge is 0.0502 e. The van der Waals surface area contributed by atoms with Crippen LogP contribution in [0.25, 0.3) is 10.9 Å². The van der Waals surface area contributed by atoms with Crippen LogP contribution < -0.4 is 0 Å². The fraction of sp³-hybridized carbons (Fsp3) is 0.200. The van der Waals surface area contributed by atoms with E-state index in [9.17, 15) is 0 Å². The number of aromatic nitrogens is 1. The number of H-pyrrole nitrogens is 1. The SMILES string of the molecule is CCc1c[nH]c2cccc(Cl)c12. The van der Waals surface area contributed by atoms with E-state index in [0.717, 1.165) is 17.0 Å². The molecule has 2 rings (SSSR count). The first-order valence-electron chi connectivity index (χ1n) is 4.07. The van der Waals surface area contributed by atoms with E-state index >= 15 is 0 Å². The van der Waals surface area contributed by atoms with Crippen LogP contribution >= 0.6 is 11.6 Å². The van der Waals surface area contributed by atoms with Crippen molar-refractivity contribution in [1.82, 2.24) is 4.98 Å². The van der Waals surface area contributed by atoms with E-state index in [2.05, 4.69) is 11.9 Å². The molecule has 0 amide bonds. The van der Waals surface area contributed by atoms with Crippen LogP contribution in [0.1, 0.15) is 12.5 Å². The molecule has 0 aliphatic carbocycles. The number of aryl methyl sites for hydroxylation is 1. The van der Waals surface area contributed by atoms with Crippen molar-refractivity contribution in [3.05, 3.63) is 35.0 Å². The number of hydrogen-bond donors (Lipinski definition) is 1. The average molecular weight is 180 g/mol. The molecule has 0 aliphatic heterocycles. The van der Waals surface area contributed by atoms with E-state index in [1.807, 2.05) is 24.4 Å². The molecule has 1 aromatic carbocycles. The van der Waals surface area contributed by atoms with Crippen LogP contribution in [0.3, 0.4) is 0 Å². The van der Waals surface area contributed by atoms with Gasteiger partial charge < -0.3 is 4.98 Å². The van der Waals surface area contributed by atoms with Gasteiger partial charge in [0.1, 0.15) is 0 Å². The van der Waals surface area contributed by atoms with E-state index in [1.54, 1.807) is 0 Å². The number of halogens is 1. The lowest BCUT2D eigenvalue weighted by Gasteiger charge is -1.95. The first-order valence-corrected chi connectivity index (χ1v) is 4.45. The lowest BCUT2D eigenvalue weighted by Crippen LogP contribution is -1.75. The predicted molar refractivity (Wildman–Crippen MR) is 52.7 cm³/mol. The minimum Gasteiger partial charge on any atom is -0.361 e. The number of benzene rings is 1. The van der Waals surface area contributed by atoms with Crippen molar-refractivity contribution in [3.63, 3.8) is 0 Å². The van der Waals surface area contributed by atoms with Crippen LogP contribution in [0.4, 0.5) is 0 Å². The quantitative estimate of drug-likeness (QED) is 0.691. The lowest BCUT2D eigenvalue weighted by molar-refractivity contribution is 1.15. The van der Waals surface area contributed by atoms with Gasteiger partial charge in [-0.2, -0.15) is 0 Å². The Hall–Kier alpha value is -0.950. The Morgan fingerprint density at radius 1 is 1.42 bits per heavy atom. The topological polar surface area (TPSA) is 15.8 Å². The third-order valence-corrected chi connectivity index (χ3v) is 2.43. The highest BCUT2D eigenvalue weighted by atomic mass is 35.5. The summed E-state index contributed by atoms with van der Waals surface area (Å²) < 4.78 is 0. The van der Waals surface area contributed by atoms with Crippen LogP contribution in [-0.2, 0) is 6.42 Å². The van der Waals surface area contributed by atoms with E-state index < -0.39 is 0 Å². The van der Waals surface area contributed by atoms with Crippen molar-refractivity contribution < 1.29 is 0 Å². The molecule has 1 N–H and O–H groups in total. The summed E-state index contributed by atoms with van der Waals surface area (Å²) in [5, 5.41) is 2.01. The first-order chi connectivity index (χ1) is 5.83. The molecule has 0 fully saturated rings. The number of aromatic amines is 1. The Labute approximate surface area is 76.4 Å². The van der Waals surface area contributed by atoms with Crippen molar-refractivity contribution >= 4 is 22.5 Å². The molecule has 0 aliphatic rings. The molecule has 2 heteroatoms. The highest BCUT2D eigenvalue weighted by molar-refractivity contribution is 6.35. The number of fused-ring (bicyclic) bond motifs is 1. The largest absolute Gasteiger partial charge is 0.361 e. The van der Waals surface area contributed by atoms with Gasteiger partial charge in [0.2, 0.25) is 0 Å². The molecule has 0 saturated heterocycles. The van der Waals surface area contributed by atoms with Crippen molar-refractivity contribution in [2.75, 3.05) is 0 Å². The summed E-state index contributed by atoms with van der Waals surface area (Å²) in [6.07, 6.45) is 3.04. The Morgan fingerprint density at radius 2 is 2.25 bits per heavy atom. The lowest BCUT2D eigenvalue weighted by atomic mass is 10.1. The van der Waals surface area contributed by atoms with E-state index in [0.29, 0.717) is 0 Å². The Morgan fingerprint density at radius 3 is 3.00 bits per heavy atom. The number of hydrogen-bond acceptors (Lipinski definition) is 0. The summed E-state index contributed by atoms with van der Waals surface area (Å²) in [5.74, 6) is 0. The Bertz CT molecular complexity index is 403. The van der Waals surface area contributed by atoms with Crippen molar-refractivity contribution in [2.45, 2.75) is 13.3 Å². The van der Waals surface area contributed by atoms with Gasteiger partial charge >= 0.3 is 0 Å². The van der Waals surface area contributed by atoms with Gasteiger partial charge in [-0.1, -0.05) is 24.6 Å². The molecule has 62 valence electrons. The highest BCUT2D eigenvalue weighted by Gasteiger charge is 2.04. The van der Waals surface area contributed by atoms with Crippen LogP contribution in [0.5, 0.6) is 0 Å². The molecule has 1 nitrogen and oxygen atoms in total. The van der Waals surface area contributed by atoms with Gasteiger partial charge in [-0.05, 0) is 24.1 Å². The predicted octanol–water partition coefficient (Wildman–Crippen LogP) is 3.38. The highest BCUT2D eigenvalue weighted by Crippen LogP contribution is 2.26. The fourth-order valence-electron chi connectivity index (χ4n) is 1.49. The van der Waals surface area contributed by atoms with Crippen LogP contribution in [0, 0.1) is 0 Å². The zero-order valence-corrected chi connectivity index (χ0v) is 7.65. The Kier molecular flexibility index (Phi) is 1.81. The van der Waals surface area contributed by atoms with E-state index in [4.69, 9.17) is 11.6 Å². The van der Waals surface area contributed by atoms with Crippen molar-refractivity contribution in [2.24, 2.45) is 0 Å². The summed E-state index contributed by atoms with van der Waals surface area (Å²) in [6, 6.07) is 5.93. The molecule has 2 aromatic rings. The molecule has 0 spiro atoms. The van der Waals surface area contributed by atoms with Gasteiger partial charge in [-0.3, -0.25) is 0 Å². The summed E-state index contributed by atoms with van der Waals surface area (Å²) in [6.45, 7) is 2.13. The van der Waals surface area contributed by atoms with Gasteiger partial charge in [-0.25, -0.2) is 0 Å². The maximum atomic E-state index is 6.06. The zero-order chi connectivity index (χ0) is 8.55. The van der Waals surface area contributed by atoms with E-state index in [1.165, 1.54) is 10.9 Å². The molecule has 0 unspecified atom stereocenters. The molecule has 0 radical (unpaired) electrons. The molecule has 0 saturated carbocycles. The van der Waals surface area contributed by atoms with Crippen LogP contribution in [0.15, 0.2) is 24.4 Å². The third kappa shape index (κ3) is 1.01. The monoisotopic (exact) mass is 179 g/mol. The van der Waals surface area contributed by atoms with Crippen LogP contribution in [-0.4, -0.2) is 4.98 Å². The molecule has 1 heterocycles. The second kappa shape index (κ2) is 2.83. The average Bonchev–Trinajstić information content (AvgIpc) is 2.49. The number of rotatable bonds is 1. The summed E-state index contributed by atoms with van der Waals surface area (Å²) in [4.78, 5) is 3.20. The second-order valence-electron chi connectivity index (χ2n) is 2.83. The van der Waals surface area contributed by atoms with Gasteiger partial charge in [0, 0.05) is 17.1 Å². The number of nitrogens with one attached hydrogen (secondary N) is 1. The molecule has 0 bridgehead atoms. The maximum Gasteiger partial charge on any atom is 0.0502 e. The summed E-state index contributed by atoms with van der Waals surface area (Å²) in [7, 11) is 0. The molecule has 1 aromatic heterocycles. The van der Waals surface area contributed by atoms with Crippen LogP contribution in [0.2, 0.25) is 5.02 Å². The fourth-order valence-corrected chi connectivity index (χ4v) is 1.78. The summed E-state index contributed by atoms with van der Waals surface area (Å²) >= 11 is 6.06. The molecule has 12 heavy (non-hydrogen) atoms. The maximum absolute atomic E-state index is 6.06. The minimum absolute atomic E-state index is 0.839. The molecule has 0 atom stereocenters. The normalized spacial score (nSPS) is 10.8. The minimum atomic E-state index is 0.839. The van der Waals surface area contributed by atoms with Gasteiger partial charge in [-0.15, -0.1) is 0 Å². The summed E-state index contributed by atoms with van der Waals surface area (Å²) in [5.41, 5.74) is 2.41. The van der Waals surface area contributed by atoms with Crippen molar-refractivity contribution in [1.29, 1.82) is 0 Å². The van der Waals surface area contributed by atoms with Gasteiger partial charge in [0.25, 0.3) is 0 Å². The third-order valence-electron chi connectivity index (χ3n) is 2.12.